The van der Waals surface area contributed by atoms with Crippen LogP contribution in [0.15, 0.2) is 54.6 Å². The van der Waals surface area contributed by atoms with Crippen molar-refractivity contribution in [2.45, 2.75) is 69.6 Å². The van der Waals surface area contributed by atoms with Gasteiger partial charge in [-0.15, -0.1) is 0 Å². The van der Waals surface area contributed by atoms with Crippen LogP contribution in [0.3, 0.4) is 0 Å². The molecule has 1 N–H and O–H groups in total. The predicted octanol–water partition coefficient (Wildman–Crippen LogP) is 4.73. The summed E-state index contributed by atoms with van der Waals surface area (Å²) in [6.45, 7) is 4.08. The summed E-state index contributed by atoms with van der Waals surface area (Å²) >= 11 is 0. The van der Waals surface area contributed by atoms with E-state index in [1.807, 2.05) is 18.2 Å². The molecule has 7 nitrogen and oxygen atoms in total. The third kappa shape index (κ3) is 4.51. The summed E-state index contributed by atoms with van der Waals surface area (Å²) in [5.74, 6) is -0.855. The molecule has 3 saturated heterocycles. The largest absolute Gasteiger partial charge is 0.375 e. The van der Waals surface area contributed by atoms with Crippen molar-refractivity contribution in [1.82, 2.24) is 10.2 Å². The van der Waals surface area contributed by atoms with Crippen LogP contribution in [0.1, 0.15) is 72.0 Å². The first-order valence-corrected chi connectivity index (χ1v) is 14.7. The van der Waals surface area contributed by atoms with Crippen LogP contribution in [0.2, 0.25) is 0 Å². The average molecular weight is 538 g/mol. The van der Waals surface area contributed by atoms with Gasteiger partial charge in [0.25, 0.3) is 5.91 Å². The first kappa shape index (κ1) is 25.4. The Morgan fingerprint density at radius 3 is 2.45 bits per heavy atom. The van der Waals surface area contributed by atoms with Gasteiger partial charge in [0.15, 0.2) is 0 Å². The molecule has 3 fully saturated rings. The molecule has 0 saturated carbocycles. The van der Waals surface area contributed by atoms with Crippen molar-refractivity contribution in [3.63, 3.8) is 0 Å². The van der Waals surface area contributed by atoms with Gasteiger partial charge in [-0.1, -0.05) is 42.5 Å². The number of imide groups is 1. The topological polar surface area (TPSA) is 79.0 Å². The van der Waals surface area contributed by atoms with E-state index in [1.54, 1.807) is 4.90 Å². The Balaban J connectivity index is 1.06. The second kappa shape index (κ2) is 10.1. The zero-order valence-corrected chi connectivity index (χ0v) is 22.8. The first-order valence-electron chi connectivity index (χ1n) is 14.7. The molecule has 3 aromatic rings. The normalized spacial score (nSPS) is 22.8. The molecule has 206 valence electrons. The molecule has 3 aromatic carbocycles. The maximum absolute atomic E-state index is 13.4. The molecule has 4 heterocycles. The number of carbonyl (C=O) groups excluding carboxylic acids is 3. The number of piperidine rings is 2. The highest BCUT2D eigenvalue weighted by molar-refractivity contribution is 6.27. The Bertz CT molecular complexity index is 1480. The quantitative estimate of drug-likeness (QED) is 0.476. The number of rotatable bonds is 5. The van der Waals surface area contributed by atoms with Gasteiger partial charge in [0, 0.05) is 43.6 Å². The van der Waals surface area contributed by atoms with Crippen molar-refractivity contribution in [3.05, 3.63) is 76.9 Å². The summed E-state index contributed by atoms with van der Waals surface area (Å²) in [6.07, 6.45) is 7.34. The van der Waals surface area contributed by atoms with Crippen LogP contribution < -0.4 is 10.2 Å². The van der Waals surface area contributed by atoms with Gasteiger partial charge in [-0.3, -0.25) is 29.5 Å². The zero-order valence-electron chi connectivity index (χ0n) is 22.8. The highest BCUT2D eigenvalue weighted by atomic mass is 16.5. The number of carbonyl (C=O) groups is 3. The standard InChI is InChI=1S/C33H35N3O4/c37-29-13-12-28(31(38)34-29)36-27-11-10-24(25-4-3-5-26(30(25)27)32(36)39)20-22-6-8-23(9-7-22)21-35-17-15-33(16-18-35)14-1-2-19-40-33/h3-11,28H,1-2,12-21H2,(H,34,37,38). The van der Waals surface area contributed by atoms with Crippen molar-refractivity contribution in [2.24, 2.45) is 0 Å². The molecule has 0 bridgehead atoms. The van der Waals surface area contributed by atoms with Gasteiger partial charge in [0.05, 0.1) is 11.3 Å². The van der Waals surface area contributed by atoms with Crippen LogP contribution >= 0.6 is 0 Å². The van der Waals surface area contributed by atoms with Crippen LogP contribution in [0.5, 0.6) is 0 Å². The molecule has 4 aliphatic heterocycles. The maximum atomic E-state index is 13.4. The van der Waals surface area contributed by atoms with Crippen LogP contribution in [0.4, 0.5) is 5.69 Å². The molecule has 1 atom stereocenters. The number of nitrogens with one attached hydrogen (secondary N) is 1. The Labute approximate surface area is 234 Å². The fraction of sp³-hybridized carbons (Fsp3) is 0.424. The fourth-order valence-corrected chi connectivity index (χ4v) is 7.12. The molecule has 0 aromatic heterocycles. The Hall–Kier alpha value is -3.55. The second-order valence-electron chi connectivity index (χ2n) is 11.9. The molecule has 3 amide bonds. The van der Waals surface area contributed by atoms with Gasteiger partial charge >= 0.3 is 0 Å². The van der Waals surface area contributed by atoms with Gasteiger partial charge in [-0.25, -0.2) is 0 Å². The third-order valence-electron chi connectivity index (χ3n) is 9.37. The lowest BCUT2D eigenvalue weighted by molar-refractivity contribution is -0.134. The number of nitrogens with zero attached hydrogens (tertiary/aromatic N) is 2. The van der Waals surface area contributed by atoms with Crippen molar-refractivity contribution < 1.29 is 19.1 Å². The molecular weight excluding hydrogens is 502 g/mol. The van der Waals surface area contributed by atoms with Gasteiger partial charge in [-0.2, -0.15) is 0 Å². The van der Waals surface area contributed by atoms with E-state index < -0.39 is 11.9 Å². The lowest BCUT2D eigenvalue weighted by Gasteiger charge is -2.44. The highest BCUT2D eigenvalue weighted by Gasteiger charge is 2.41. The smallest absolute Gasteiger partial charge is 0.259 e. The van der Waals surface area contributed by atoms with E-state index in [2.05, 4.69) is 46.6 Å². The summed E-state index contributed by atoms with van der Waals surface area (Å²) in [4.78, 5) is 41.8. The van der Waals surface area contributed by atoms with Crippen LogP contribution in [0, 0.1) is 0 Å². The van der Waals surface area contributed by atoms with E-state index in [9.17, 15) is 14.4 Å². The Morgan fingerprint density at radius 1 is 0.900 bits per heavy atom. The first-order chi connectivity index (χ1) is 19.5. The summed E-state index contributed by atoms with van der Waals surface area (Å²) in [6, 6.07) is 18.1. The maximum Gasteiger partial charge on any atom is 0.259 e. The monoisotopic (exact) mass is 537 g/mol. The zero-order chi connectivity index (χ0) is 27.3. The number of anilines is 1. The van der Waals surface area contributed by atoms with Gasteiger partial charge < -0.3 is 4.74 Å². The van der Waals surface area contributed by atoms with Crippen LogP contribution in [-0.2, 0) is 27.3 Å². The third-order valence-corrected chi connectivity index (χ3v) is 9.37. The van der Waals surface area contributed by atoms with E-state index in [4.69, 9.17) is 4.74 Å². The average Bonchev–Trinajstić information content (AvgIpc) is 3.25. The van der Waals surface area contributed by atoms with Gasteiger partial charge in [0.1, 0.15) is 6.04 Å². The van der Waals surface area contributed by atoms with Crippen molar-refractivity contribution >= 4 is 34.2 Å². The van der Waals surface area contributed by atoms with Crippen molar-refractivity contribution in [1.29, 1.82) is 0 Å². The summed E-state index contributed by atoms with van der Waals surface area (Å²) in [7, 11) is 0. The van der Waals surface area contributed by atoms with E-state index in [0.717, 1.165) is 67.5 Å². The molecular formula is C33H35N3O4. The minimum absolute atomic E-state index is 0.141. The molecule has 0 aliphatic carbocycles. The van der Waals surface area contributed by atoms with Crippen molar-refractivity contribution in [3.8, 4) is 0 Å². The van der Waals surface area contributed by atoms with Crippen LogP contribution in [-0.4, -0.2) is 54.0 Å². The number of hydrogen-bond acceptors (Lipinski definition) is 5. The minimum Gasteiger partial charge on any atom is -0.375 e. The highest BCUT2D eigenvalue weighted by Crippen LogP contribution is 2.41. The van der Waals surface area contributed by atoms with Crippen molar-refractivity contribution in [2.75, 3.05) is 24.6 Å². The number of ether oxygens (including phenoxy) is 1. The predicted molar refractivity (Wildman–Crippen MR) is 153 cm³/mol. The molecule has 1 spiro atoms. The summed E-state index contributed by atoms with van der Waals surface area (Å²) in [5.41, 5.74) is 5.23. The molecule has 0 radical (unpaired) electrons. The van der Waals surface area contributed by atoms with E-state index in [-0.39, 0.29) is 23.8 Å². The Kier molecular flexibility index (Phi) is 6.44. The lowest BCUT2D eigenvalue weighted by atomic mass is 9.84. The SMILES string of the molecule is O=C1CCC(N2C(=O)c3cccc4c(Cc5ccc(CN6CCC7(CCCCO7)CC6)cc5)ccc2c34)C(=O)N1. The summed E-state index contributed by atoms with van der Waals surface area (Å²) in [5, 5.41) is 4.33. The number of benzene rings is 3. The molecule has 4 aliphatic rings. The fourth-order valence-electron chi connectivity index (χ4n) is 7.12. The Morgan fingerprint density at radius 2 is 1.70 bits per heavy atom. The van der Waals surface area contributed by atoms with E-state index in [0.29, 0.717) is 12.0 Å². The van der Waals surface area contributed by atoms with Crippen LogP contribution in [0.25, 0.3) is 10.8 Å². The van der Waals surface area contributed by atoms with Gasteiger partial charge in [0.2, 0.25) is 11.8 Å². The van der Waals surface area contributed by atoms with Gasteiger partial charge in [-0.05, 0) is 79.2 Å². The molecule has 1 unspecified atom stereocenters. The molecule has 7 rings (SSSR count). The summed E-state index contributed by atoms with van der Waals surface area (Å²) < 4.78 is 6.20. The number of amides is 3. The minimum atomic E-state index is -0.667. The lowest BCUT2D eigenvalue weighted by Crippen LogP contribution is -2.53. The second-order valence-corrected chi connectivity index (χ2v) is 11.9. The molecule has 40 heavy (non-hydrogen) atoms. The van der Waals surface area contributed by atoms with E-state index in [1.165, 1.54) is 30.4 Å². The number of likely N-dealkylation sites (tertiary alicyclic amines) is 1. The van der Waals surface area contributed by atoms with E-state index >= 15 is 0 Å². The number of hydrogen-bond donors (Lipinski definition) is 1. The molecule has 7 heteroatoms.